The summed E-state index contributed by atoms with van der Waals surface area (Å²) in [5.74, 6) is 0.145. The van der Waals surface area contributed by atoms with E-state index in [1.807, 2.05) is 60.7 Å². The molecule has 122 valence electrons. The van der Waals surface area contributed by atoms with Gasteiger partial charge in [-0.1, -0.05) is 72.3 Å². The van der Waals surface area contributed by atoms with Gasteiger partial charge in [0.25, 0.3) is 0 Å². The van der Waals surface area contributed by atoms with Gasteiger partial charge >= 0.3 is 0 Å². The maximum Gasteiger partial charge on any atom is 0.142 e. The average Bonchev–Trinajstić information content (AvgIpc) is 3.11. The van der Waals surface area contributed by atoms with Crippen molar-refractivity contribution in [3.63, 3.8) is 0 Å². The van der Waals surface area contributed by atoms with E-state index in [-0.39, 0.29) is 5.02 Å². The van der Waals surface area contributed by atoms with Crippen molar-refractivity contribution in [2.75, 3.05) is 0 Å². The molecule has 0 bridgehead atoms. The number of nitrogens with one attached hydrogen (secondary N) is 1. The average molecular weight is 349 g/mol. The summed E-state index contributed by atoms with van der Waals surface area (Å²) in [5.41, 5.74) is 4.41. The van der Waals surface area contributed by atoms with Crippen LogP contribution in [0.25, 0.3) is 33.9 Å². The van der Waals surface area contributed by atoms with Crippen molar-refractivity contribution in [3.8, 4) is 33.9 Å². The zero-order chi connectivity index (χ0) is 17.2. The van der Waals surface area contributed by atoms with Crippen molar-refractivity contribution < 1.29 is 4.39 Å². The molecule has 0 aliphatic heterocycles. The lowest BCUT2D eigenvalue weighted by Crippen LogP contribution is -1.84. The fourth-order valence-electron chi connectivity index (χ4n) is 2.77. The Kier molecular flexibility index (Phi) is 4.08. The predicted octanol–water partition coefficient (Wildman–Crippen LogP) is 6.20. The summed E-state index contributed by atoms with van der Waals surface area (Å²) in [5, 5.41) is 0.0990. The van der Waals surface area contributed by atoms with Crippen LogP contribution in [0.5, 0.6) is 0 Å². The molecule has 0 amide bonds. The van der Waals surface area contributed by atoms with Crippen LogP contribution in [0.3, 0.4) is 0 Å². The van der Waals surface area contributed by atoms with E-state index >= 15 is 0 Å². The Morgan fingerprint density at radius 2 is 1.40 bits per heavy atom. The summed E-state index contributed by atoms with van der Waals surface area (Å²) in [6.45, 7) is 0. The van der Waals surface area contributed by atoms with Crippen LogP contribution in [0, 0.1) is 5.82 Å². The Balaban J connectivity index is 1.90. The van der Waals surface area contributed by atoms with E-state index in [0.717, 1.165) is 22.5 Å². The lowest BCUT2D eigenvalue weighted by atomic mass is 10.1. The molecule has 0 atom stereocenters. The minimum Gasteiger partial charge on any atom is -0.337 e. The van der Waals surface area contributed by atoms with Crippen LogP contribution in [0.2, 0.25) is 5.02 Å². The largest absolute Gasteiger partial charge is 0.337 e. The summed E-state index contributed by atoms with van der Waals surface area (Å²) in [6.07, 6.45) is 0. The fraction of sp³-hybridized carbons (Fsp3) is 0. The van der Waals surface area contributed by atoms with E-state index in [1.165, 1.54) is 6.07 Å². The minimum atomic E-state index is -0.460. The lowest BCUT2D eigenvalue weighted by molar-refractivity contribution is 0.628. The third-order valence-electron chi connectivity index (χ3n) is 4.01. The highest BCUT2D eigenvalue weighted by molar-refractivity contribution is 6.30. The highest BCUT2D eigenvalue weighted by Crippen LogP contribution is 2.33. The molecule has 1 heterocycles. The molecule has 3 aromatic carbocycles. The first kappa shape index (κ1) is 15.6. The second kappa shape index (κ2) is 6.54. The third kappa shape index (κ3) is 3.06. The lowest BCUT2D eigenvalue weighted by Gasteiger charge is -2.02. The van der Waals surface area contributed by atoms with Gasteiger partial charge in [0.1, 0.15) is 11.6 Å². The number of nitrogens with zero attached hydrogens (tertiary/aromatic N) is 1. The van der Waals surface area contributed by atoms with Gasteiger partial charge in [-0.15, -0.1) is 0 Å². The molecular formula is C21H14ClFN2. The van der Waals surface area contributed by atoms with E-state index < -0.39 is 5.82 Å². The molecule has 1 aromatic heterocycles. The summed E-state index contributed by atoms with van der Waals surface area (Å²) in [4.78, 5) is 8.07. The molecule has 0 spiro atoms. The van der Waals surface area contributed by atoms with Gasteiger partial charge in [0.15, 0.2) is 0 Å². The predicted molar refractivity (Wildman–Crippen MR) is 99.9 cm³/mol. The molecule has 25 heavy (non-hydrogen) atoms. The van der Waals surface area contributed by atoms with Gasteiger partial charge in [-0.3, -0.25) is 0 Å². The molecular weight excluding hydrogens is 335 g/mol. The number of halogens is 2. The van der Waals surface area contributed by atoms with Crippen molar-refractivity contribution in [3.05, 3.63) is 89.7 Å². The van der Waals surface area contributed by atoms with Gasteiger partial charge in [-0.2, -0.15) is 0 Å². The second-order valence-corrected chi connectivity index (χ2v) is 6.08. The van der Waals surface area contributed by atoms with E-state index in [1.54, 1.807) is 12.1 Å². The number of rotatable bonds is 3. The number of aromatic amines is 1. The molecule has 4 heteroatoms. The van der Waals surface area contributed by atoms with Crippen molar-refractivity contribution >= 4 is 11.6 Å². The van der Waals surface area contributed by atoms with Gasteiger partial charge in [0.2, 0.25) is 0 Å². The van der Waals surface area contributed by atoms with E-state index in [0.29, 0.717) is 11.4 Å². The van der Waals surface area contributed by atoms with Gasteiger partial charge in [-0.25, -0.2) is 9.37 Å². The molecule has 2 nitrogen and oxygen atoms in total. The normalized spacial score (nSPS) is 10.8. The van der Waals surface area contributed by atoms with Gasteiger partial charge in [0.05, 0.1) is 16.4 Å². The van der Waals surface area contributed by atoms with Crippen molar-refractivity contribution in [1.82, 2.24) is 9.97 Å². The minimum absolute atomic E-state index is 0.0990. The van der Waals surface area contributed by atoms with Crippen molar-refractivity contribution in [2.24, 2.45) is 0 Å². The van der Waals surface area contributed by atoms with Gasteiger partial charge in [-0.05, 0) is 18.2 Å². The van der Waals surface area contributed by atoms with Crippen LogP contribution < -0.4 is 0 Å². The molecule has 0 radical (unpaired) electrons. The first-order valence-corrected chi connectivity index (χ1v) is 8.26. The van der Waals surface area contributed by atoms with E-state index in [2.05, 4.69) is 4.98 Å². The van der Waals surface area contributed by atoms with Crippen LogP contribution in [0.15, 0.2) is 78.9 Å². The number of aromatic nitrogens is 2. The molecule has 0 saturated heterocycles. The molecule has 4 rings (SSSR count). The Hall–Kier alpha value is -2.91. The first-order valence-electron chi connectivity index (χ1n) is 7.88. The number of benzene rings is 3. The zero-order valence-electron chi connectivity index (χ0n) is 13.2. The molecule has 0 fully saturated rings. The topological polar surface area (TPSA) is 28.7 Å². The Labute approximate surface area is 150 Å². The first-order chi connectivity index (χ1) is 12.2. The summed E-state index contributed by atoms with van der Waals surface area (Å²) in [6, 6.07) is 24.6. The Bertz CT molecular complexity index is 954. The maximum atomic E-state index is 13.8. The number of H-pyrrole nitrogens is 1. The fourth-order valence-corrected chi connectivity index (χ4v) is 2.89. The second-order valence-electron chi connectivity index (χ2n) is 5.67. The Morgan fingerprint density at radius 3 is 2.04 bits per heavy atom. The van der Waals surface area contributed by atoms with Crippen LogP contribution in [0.4, 0.5) is 4.39 Å². The van der Waals surface area contributed by atoms with Crippen LogP contribution in [-0.4, -0.2) is 9.97 Å². The van der Waals surface area contributed by atoms with Crippen molar-refractivity contribution in [2.45, 2.75) is 0 Å². The third-order valence-corrected chi connectivity index (χ3v) is 4.31. The number of imidazole rings is 1. The van der Waals surface area contributed by atoms with E-state index in [4.69, 9.17) is 16.6 Å². The molecule has 0 unspecified atom stereocenters. The maximum absolute atomic E-state index is 13.8. The quantitative estimate of drug-likeness (QED) is 0.469. The molecule has 4 aromatic rings. The smallest absolute Gasteiger partial charge is 0.142 e. The van der Waals surface area contributed by atoms with E-state index in [9.17, 15) is 4.39 Å². The van der Waals surface area contributed by atoms with Crippen LogP contribution >= 0.6 is 11.6 Å². The van der Waals surface area contributed by atoms with Crippen LogP contribution in [-0.2, 0) is 0 Å². The zero-order valence-corrected chi connectivity index (χ0v) is 14.0. The number of hydrogen-bond donors (Lipinski definition) is 1. The summed E-state index contributed by atoms with van der Waals surface area (Å²) in [7, 11) is 0. The van der Waals surface area contributed by atoms with Gasteiger partial charge in [0, 0.05) is 16.7 Å². The highest BCUT2D eigenvalue weighted by atomic mass is 35.5. The van der Waals surface area contributed by atoms with Gasteiger partial charge < -0.3 is 4.98 Å². The molecule has 0 saturated carbocycles. The highest BCUT2D eigenvalue weighted by Gasteiger charge is 2.15. The standard InChI is InChI=1S/C21H14ClFN2/c22-17-12-11-16(13-18(17)23)21-24-19(14-7-3-1-4-8-14)20(25-21)15-9-5-2-6-10-15/h1-13H,(H,24,25). The summed E-state index contributed by atoms with van der Waals surface area (Å²) >= 11 is 5.79. The molecule has 1 N–H and O–H groups in total. The Morgan fingerprint density at radius 1 is 0.760 bits per heavy atom. The molecule has 0 aliphatic rings. The molecule has 0 aliphatic carbocycles. The number of hydrogen-bond acceptors (Lipinski definition) is 1. The SMILES string of the molecule is Fc1cc(-c2nc(-c3ccccc3)c(-c3ccccc3)[nH]2)ccc1Cl. The summed E-state index contributed by atoms with van der Waals surface area (Å²) < 4.78 is 13.8. The monoisotopic (exact) mass is 348 g/mol. The van der Waals surface area contributed by atoms with Crippen molar-refractivity contribution in [1.29, 1.82) is 0 Å². The van der Waals surface area contributed by atoms with Crippen LogP contribution in [0.1, 0.15) is 0 Å².